The maximum absolute atomic E-state index is 13.2. The molecule has 152 valence electrons. The van der Waals surface area contributed by atoms with Crippen LogP contribution in [0.1, 0.15) is 39.9 Å². The summed E-state index contributed by atoms with van der Waals surface area (Å²) >= 11 is 0. The van der Waals surface area contributed by atoms with E-state index in [0.29, 0.717) is 37.3 Å². The van der Waals surface area contributed by atoms with Gasteiger partial charge in [0, 0.05) is 17.8 Å². The molecule has 8 N–H and O–H groups in total. The minimum atomic E-state index is -0.492. The second kappa shape index (κ2) is 8.89. The molecule has 3 rings (SSSR count). The van der Waals surface area contributed by atoms with Crippen molar-refractivity contribution in [2.24, 2.45) is 22.9 Å². The highest BCUT2D eigenvalue weighted by atomic mass is 16.2. The van der Waals surface area contributed by atoms with Gasteiger partial charge in [-0.05, 0) is 41.8 Å². The molecule has 0 spiro atoms. The van der Waals surface area contributed by atoms with Crippen molar-refractivity contribution in [1.82, 2.24) is 4.90 Å². The number of amides is 2. The molecule has 1 heterocycles. The molecule has 1 aliphatic rings. The minimum Gasteiger partial charge on any atom is -0.401 e. The number of benzene rings is 2. The smallest absolute Gasteiger partial charge is 0.248 e. The molecule has 2 unspecified atom stereocenters. The van der Waals surface area contributed by atoms with Crippen molar-refractivity contribution in [1.29, 1.82) is 0 Å². The van der Waals surface area contributed by atoms with Crippen molar-refractivity contribution in [3.05, 3.63) is 82.6 Å². The Balaban J connectivity index is 1.75. The van der Waals surface area contributed by atoms with Crippen molar-refractivity contribution < 1.29 is 9.59 Å². The fraction of sp³-hybridized carbons (Fsp3) is 0.273. The average molecular weight is 393 g/mol. The molecule has 0 fully saturated rings. The van der Waals surface area contributed by atoms with Crippen LogP contribution in [0.3, 0.4) is 0 Å². The molecule has 2 amide bonds. The first-order valence-electron chi connectivity index (χ1n) is 9.59. The second-order valence-corrected chi connectivity index (χ2v) is 7.25. The molecule has 0 aromatic heterocycles. The molecule has 0 aliphatic carbocycles. The molecule has 0 saturated carbocycles. The van der Waals surface area contributed by atoms with Crippen LogP contribution in [0.4, 0.5) is 0 Å². The van der Waals surface area contributed by atoms with Crippen molar-refractivity contribution in [3.8, 4) is 0 Å². The number of rotatable bonds is 7. The first-order chi connectivity index (χ1) is 13.9. The average Bonchev–Trinajstić information content (AvgIpc) is 3.13. The van der Waals surface area contributed by atoms with Gasteiger partial charge in [0.05, 0.1) is 18.5 Å². The zero-order valence-electron chi connectivity index (χ0n) is 16.3. The van der Waals surface area contributed by atoms with Gasteiger partial charge < -0.3 is 27.8 Å². The molecular formula is C22H27N5O2. The first kappa shape index (κ1) is 20.6. The molecule has 0 saturated heterocycles. The maximum atomic E-state index is 13.2. The lowest BCUT2D eigenvalue weighted by Crippen LogP contribution is -2.35. The Labute approximate surface area is 170 Å². The van der Waals surface area contributed by atoms with Crippen LogP contribution in [-0.4, -0.2) is 36.3 Å². The number of primary amides is 1. The Morgan fingerprint density at radius 3 is 2.21 bits per heavy atom. The Kier molecular flexibility index (Phi) is 6.31. The lowest BCUT2D eigenvalue weighted by Gasteiger charge is -2.24. The summed E-state index contributed by atoms with van der Waals surface area (Å²) in [6, 6.07) is 16.0. The van der Waals surface area contributed by atoms with E-state index < -0.39 is 11.9 Å². The third-order valence-electron chi connectivity index (χ3n) is 5.33. The molecule has 0 radical (unpaired) electrons. The van der Waals surface area contributed by atoms with Crippen LogP contribution < -0.4 is 22.9 Å². The van der Waals surface area contributed by atoms with Crippen molar-refractivity contribution >= 4 is 11.8 Å². The van der Waals surface area contributed by atoms with Gasteiger partial charge in [0.25, 0.3) is 0 Å². The molecule has 2 atom stereocenters. The summed E-state index contributed by atoms with van der Waals surface area (Å²) in [7, 11) is 0. The summed E-state index contributed by atoms with van der Waals surface area (Å²) in [4.78, 5) is 26.2. The molecule has 7 nitrogen and oxygen atoms in total. The van der Waals surface area contributed by atoms with Gasteiger partial charge >= 0.3 is 0 Å². The molecule has 0 bridgehead atoms. The Hall–Kier alpha value is -3.16. The SMILES string of the molecule is NCCC(C(=O)N1CC(N)=C(C(N)c2ccc(C(N)=O)cc2)C1)c1ccccc1. The van der Waals surface area contributed by atoms with Crippen LogP contribution in [0.2, 0.25) is 0 Å². The number of carbonyl (C=O) groups is 2. The lowest BCUT2D eigenvalue weighted by atomic mass is 9.94. The Bertz CT molecular complexity index is 909. The van der Waals surface area contributed by atoms with E-state index in [0.717, 1.165) is 16.7 Å². The molecule has 29 heavy (non-hydrogen) atoms. The van der Waals surface area contributed by atoms with Crippen molar-refractivity contribution in [2.45, 2.75) is 18.4 Å². The predicted octanol–water partition coefficient (Wildman–Crippen LogP) is 0.973. The molecular weight excluding hydrogens is 366 g/mol. The molecule has 1 aliphatic heterocycles. The van der Waals surface area contributed by atoms with E-state index in [4.69, 9.17) is 22.9 Å². The van der Waals surface area contributed by atoms with E-state index in [1.807, 2.05) is 30.3 Å². The highest BCUT2D eigenvalue weighted by Gasteiger charge is 2.32. The summed E-state index contributed by atoms with van der Waals surface area (Å²) in [5, 5.41) is 0. The van der Waals surface area contributed by atoms with Crippen molar-refractivity contribution in [3.63, 3.8) is 0 Å². The van der Waals surface area contributed by atoms with Gasteiger partial charge in [-0.25, -0.2) is 0 Å². The molecule has 2 aromatic rings. The van der Waals surface area contributed by atoms with Crippen LogP contribution in [0.25, 0.3) is 0 Å². The zero-order chi connectivity index (χ0) is 21.0. The fourth-order valence-corrected chi connectivity index (χ4v) is 3.69. The highest BCUT2D eigenvalue weighted by Crippen LogP contribution is 2.30. The molecule has 2 aromatic carbocycles. The normalized spacial score (nSPS) is 16.0. The standard InChI is InChI=1S/C22H27N5O2/c23-11-10-17(14-4-2-1-3-5-14)22(29)27-12-18(19(24)13-27)20(25)15-6-8-16(9-7-15)21(26)28/h1-9,17,20H,10-13,23-25H2,(H2,26,28). The van der Waals surface area contributed by atoms with Gasteiger partial charge in [0.15, 0.2) is 0 Å². The van der Waals surface area contributed by atoms with E-state index in [9.17, 15) is 9.59 Å². The third-order valence-corrected chi connectivity index (χ3v) is 5.33. The number of hydrogen-bond donors (Lipinski definition) is 4. The largest absolute Gasteiger partial charge is 0.401 e. The van der Waals surface area contributed by atoms with Gasteiger partial charge in [-0.2, -0.15) is 0 Å². The maximum Gasteiger partial charge on any atom is 0.248 e. The third kappa shape index (κ3) is 4.47. The highest BCUT2D eigenvalue weighted by molar-refractivity contribution is 5.92. The van der Waals surface area contributed by atoms with E-state index >= 15 is 0 Å². The number of hydrogen-bond acceptors (Lipinski definition) is 5. The zero-order valence-corrected chi connectivity index (χ0v) is 16.3. The van der Waals surface area contributed by atoms with Crippen LogP contribution in [0.15, 0.2) is 65.9 Å². The summed E-state index contributed by atoms with van der Waals surface area (Å²) in [5.74, 6) is -0.802. The van der Waals surface area contributed by atoms with Crippen molar-refractivity contribution in [2.75, 3.05) is 19.6 Å². The first-order valence-corrected chi connectivity index (χ1v) is 9.59. The predicted molar refractivity (Wildman–Crippen MR) is 113 cm³/mol. The van der Waals surface area contributed by atoms with Gasteiger partial charge in [0.1, 0.15) is 0 Å². The molecule has 7 heteroatoms. The lowest BCUT2D eigenvalue weighted by molar-refractivity contribution is -0.131. The summed E-state index contributed by atoms with van der Waals surface area (Å²) in [6.07, 6.45) is 0.565. The van der Waals surface area contributed by atoms with Crippen LogP contribution in [0.5, 0.6) is 0 Å². The fourth-order valence-electron chi connectivity index (χ4n) is 3.69. The van der Waals surface area contributed by atoms with Gasteiger partial charge in [-0.15, -0.1) is 0 Å². The Morgan fingerprint density at radius 2 is 1.62 bits per heavy atom. The minimum absolute atomic E-state index is 0.00382. The van der Waals surface area contributed by atoms with E-state index in [1.54, 1.807) is 29.2 Å². The summed E-state index contributed by atoms with van der Waals surface area (Å²) < 4.78 is 0. The number of nitrogens with two attached hydrogens (primary N) is 4. The number of nitrogens with zero attached hydrogens (tertiary/aromatic N) is 1. The summed E-state index contributed by atoms with van der Waals surface area (Å²) in [5.41, 5.74) is 27.3. The number of carbonyl (C=O) groups excluding carboxylic acids is 2. The van der Waals surface area contributed by atoms with E-state index in [2.05, 4.69) is 0 Å². The Morgan fingerprint density at radius 1 is 0.966 bits per heavy atom. The topological polar surface area (TPSA) is 141 Å². The van der Waals surface area contributed by atoms with Crippen LogP contribution in [0, 0.1) is 0 Å². The van der Waals surface area contributed by atoms with Crippen LogP contribution >= 0.6 is 0 Å². The quantitative estimate of drug-likeness (QED) is 0.555. The van der Waals surface area contributed by atoms with Crippen LogP contribution in [-0.2, 0) is 4.79 Å². The van der Waals surface area contributed by atoms with Gasteiger partial charge in [-0.3, -0.25) is 9.59 Å². The van der Waals surface area contributed by atoms with Gasteiger partial charge in [-0.1, -0.05) is 42.5 Å². The van der Waals surface area contributed by atoms with E-state index in [-0.39, 0.29) is 11.8 Å². The second-order valence-electron chi connectivity index (χ2n) is 7.25. The van der Waals surface area contributed by atoms with Gasteiger partial charge in [0.2, 0.25) is 11.8 Å². The monoisotopic (exact) mass is 393 g/mol. The summed E-state index contributed by atoms with van der Waals surface area (Å²) in [6.45, 7) is 1.13. The van der Waals surface area contributed by atoms with E-state index in [1.165, 1.54) is 0 Å².